The molecule has 0 saturated heterocycles. The summed E-state index contributed by atoms with van der Waals surface area (Å²) in [4.78, 5) is 16.9. The summed E-state index contributed by atoms with van der Waals surface area (Å²) in [5.41, 5.74) is 1.42. The van der Waals surface area contributed by atoms with E-state index >= 15 is 0 Å². The minimum Gasteiger partial charge on any atom is -0.494 e. The number of carbonyl (C=O) groups excluding carboxylic acids is 1. The van der Waals surface area contributed by atoms with Crippen molar-refractivity contribution in [1.29, 1.82) is 0 Å². The molecule has 0 bridgehead atoms. The van der Waals surface area contributed by atoms with Gasteiger partial charge in [-0.1, -0.05) is 11.3 Å². The maximum absolute atomic E-state index is 13.3. The predicted octanol–water partition coefficient (Wildman–Crippen LogP) is 4.39. The minimum absolute atomic E-state index is 0.0395. The van der Waals surface area contributed by atoms with Crippen LogP contribution in [0.5, 0.6) is 5.75 Å². The van der Waals surface area contributed by atoms with E-state index in [1.807, 2.05) is 31.2 Å². The molecular formula is C19H16FN5O2S2. The van der Waals surface area contributed by atoms with Gasteiger partial charge in [0.2, 0.25) is 5.91 Å². The Bertz CT molecular complexity index is 1230. The van der Waals surface area contributed by atoms with Crippen LogP contribution in [-0.4, -0.2) is 32.3 Å². The van der Waals surface area contributed by atoms with Gasteiger partial charge in [0.05, 0.1) is 16.8 Å². The molecule has 0 radical (unpaired) electrons. The summed E-state index contributed by atoms with van der Waals surface area (Å²) in [5, 5.41) is 10.1. The van der Waals surface area contributed by atoms with Crippen LogP contribution in [-0.2, 0) is 11.3 Å². The van der Waals surface area contributed by atoms with Crippen LogP contribution in [0, 0.1) is 10.6 Å². The molecule has 0 fully saturated rings. The van der Waals surface area contributed by atoms with Crippen molar-refractivity contribution in [2.24, 2.45) is 0 Å². The lowest BCUT2D eigenvalue weighted by Gasteiger charge is -2.08. The predicted molar refractivity (Wildman–Crippen MR) is 112 cm³/mol. The molecule has 0 aliphatic heterocycles. The van der Waals surface area contributed by atoms with E-state index in [9.17, 15) is 9.18 Å². The van der Waals surface area contributed by atoms with Crippen molar-refractivity contribution in [3.05, 3.63) is 53.1 Å². The van der Waals surface area contributed by atoms with Gasteiger partial charge in [0.15, 0.2) is 15.7 Å². The Balaban J connectivity index is 1.53. The van der Waals surface area contributed by atoms with E-state index in [1.54, 1.807) is 10.6 Å². The summed E-state index contributed by atoms with van der Waals surface area (Å²) in [5.74, 6) is 0.638. The molecule has 0 atom stereocenters. The van der Waals surface area contributed by atoms with Crippen molar-refractivity contribution in [1.82, 2.24) is 19.7 Å². The molecule has 7 nitrogen and oxygen atoms in total. The number of nitrogens with zero attached hydrogens (tertiary/aromatic N) is 3. The van der Waals surface area contributed by atoms with Crippen LogP contribution in [0.25, 0.3) is 21.6 Å². The zero-order chi connectivity index (χ0) is 20.4. The largest absolute Gasteiger partial charge is 0.494 e. The third kappa shape index (κ3) is 4.17. The molecule has 0 aliphatic carbocycles. The summed E-state index contributed by atoms with van der Waals surface area (Å²) in [6.07, 6.45) is 0. The first-order valence-electron chi connectivity index (χ1n) is 8.78. The maximum Gasteiger partial charge on any atom is 0.246 e. The second-order valence-corrected chi connectivity index (χ2v) is 7.49. The number of ether oxygens (including phenoxy) is 1. The number of thiazole rings is 1. The Hall–Kier alpha value is -3.11. The number of anilines is 1. The second kappa shape index (κ2) is 8.10. The first-order valence-corrected chi connectivity index (χ1v) is 10.0. The van der Waals surface area contributed by atoms with E-state index in [0.717, 1.165) is 11.3 Å². The smallest absolute Gasteiger partial charge is 0.246 e. The Morgan fingerprint density at radius 2 is 2.10 bits per heavy atom. The Labute approximate surface area is 174 Å². The van der Waals surface area contributed by atoms with Crippen LogP contribution >= 0.6 is 23.6 Å². The summed E-state index contributed by atoms with van der Waals surface area (Å²) >= 11 is 6.48. The Kier molecular flexibility index (Phi) is 5.36. The lowest BCUT2D eigenvalue weighted by Crippen LogP contribution is -2.19. The third-order valence-corrected chi connectivity index (χ3v) is 5.33. The van der Waals surface area contributed by atoms with Gasteiger partial charge in [0.25, 0.3) is 0 Å². The standard InChI is InChI=1S/C19H16FN5O2S2/c1-2-27-13-6-3-11(4-7-13)17-23-24-19(28)25(17)10-16(26)22-18-21-14-8-5-12(20)9-15(14)29-18/h3-9H,2,10H2,1H3,(H,24,28)(H,21,22,26). The molecule has 10 heteroatoms. The van der Waals surface area contributed by atoms with Crippen LogP contribution in [0.3, 0.4) is 0 Å². The highest BCUT2D eigenvalue weighted by Crippen LogP contribution is 2.27. The van der Waals surface area contributed by atoms with E-state index in [2.05, 4.69) is 20.5 Å². The molecule has 4 rings (SSSR count). The number of rotatable bonds is 6. The molecule has 148 valence electrons. The molecular weight excluding hydrogens is 413 g/mol. The van der Waals surface area contributed by atoms with Crippen LogP contribution < -0.4 is 10.1 Å². The van der Waals surface area contributed by atoms with Gasteiger partial charge in [-0.05, 0) is 61.6 Å². The molecule has 2 N–H and O–H groups in total. The number of aromatic amines is 1. The van der Waals surface area contributed by atoms with Crippen molar-refractivity contribution >= 4 is 44.8 Å². The average Bonchev–Trinajstić information content (AvgIpc) is 3.25. The monoisotopic (exact) mass is 429 g/mol. The van der Waals surface area contributed by atoms with Gasteiger partial charge >= 0.3 is 0 Å². The van der Waals surface area contributed by atoms with E-state index in [4.69, 9.17) is 17.0 Å². The van der Waals surface area contributed by atoms with Crippen LogP contribution in [0.1, 0.15) is 6.92 Å². The van der Waals surface area contributed by atoms with Crippen molar-refractivity contribution < 1.29 is 13.9 Å². The van der Waals surface area contributed by atoms with Crippen LogP contribution in [0.4, 0.5) is 9.52 Å². The molecule has 29 heavy (non-hydrogen) atoms. The maximum atomic E-state index is 13.3. The number of aromatic nitrogens is 4. The van der Waals surface area contributed by atoms with Crippen LogP contribution in [0.15, 0.2) is 42.5 Å². The van der Waals surface area contributed by atoms with E-state index in [-0.39, 0.29) is 18.3 Å². The molecule has 4 aromatic rings. The van der Waals surface area contributed by atoms with Gasteiger partial charge in [0, 0.05) is 5.56 Å². The summed E-state index contributed by atoms with van der Waals surface area (Å²) in [7, 11) is 0. The van der Waals surface area contributed by atoms with Crippen molar-refractivity contribution in [3.8, 4) is 17.1 Å². The van der Waals surface area contributed by atoms with Gasteiger partial charge in [-0.3, -0.25) is 14.5 Å². The van der Waals surface area contributed by atoms with Crippen molar-refractivity contribution in [2.75, 3.05) is 11.9 Å². The van der Waals surface area contributed by atoms with Gasteiger partial charge in [-0.2, -0.15) is 5.10 Å². The van der Waals surface area contributed by atoms with E-state index in [0.29, 0.717) is 32.6 Å². The second-order valence-electron chi connectivity index (χ2n) is 6.08. The number of benzene rings is 2. The highest BCUT2D eigenvalue weighted by Gasteiger charge is 2.14. The number of H-pyrrole nitrogens is 1. The number of hydrogen-bond acceptors (Lipinski definition) is 6. The molecule has 0 spiro atoms. The summed E-state index contributed by atoms with van der Waals surface area (Å²) in [6.45, 7) is 2.46. The fourth-order valence-electron chi connectivity index (χ4n) is 2.81. The van der Waals surface area contributed by atoms with Crippen molar-refractivity contribution in [3.63, 3.8) is 0 Å². The first-order chi connectivity index (χ1) is 14.0. The lowest BCUT2D eigenvalue weighted by molar-refractivity contribution is -0.116. The average molecular weight is 430 g/mol. The molecule has 2 aromatic heterocycles. The third-order valence-electron chi connectivity index (χ3n) is 4.08. The fraction of sp³-hybridized carbons (Fsp3) is 0.158. The highest BCUT2D eigenvalue weighted by atomic mass is 32.1. The van der Waals surface area contributed by atoms with E-state index in [1.165, 1.54) is 23.5 Å². The number of halogens is 1. The topological polar surface area (TPSA) is 84.8 Å². The lowest BCUT2D eigenvalue weighted by atomic mass is 10.2. The Morgan fingerprint density at radius 3 is 2.86 bits per heavy atom. The number of carbonyl (C=O) groups is 1. The highest BCUT2D eigenvalue weighted by molar-refractivity contribution is 7.71. The molecule has 0 aliphatic rings. The molecule has 2 heterocycles. The van der Waals surface area contributed by atoms with Crippen molar-refractivity contribution in [2.45, 2.75) is 13.5 Å². The number of nitrogens with one attached hydrogen (secondary N) is 2. The van der Waals surface area contributed by atoms with E-state index < -0.39 is 0 Å². The SMILES string of the molecule is CCOc1ccc(-c2n[nH]c(=S)n2CC(=O)Nc2nc3ccc(F)cc3s2)cc1. The summed E-state index contributed by atoms with van der Waals surface area (Å²) < 4.78 is 21.4. The zero-order valence-corrected chi connectivity index (χ0v) is 16.9. The molecule has 2 aromatic carbocycles. The minimum atomic E-state index is -0.344. The van der Waals surface area contributed by atoms with Gasteiger partial charge in [-0.25, -0.2) is 9.37 Å². The molecule has 1 amide bonds. The van der Waals surface area contributed by atoms with Gasteiger partial charge in [0.1, 0.15) is 18.1 Å². The normalized spacial score (nSPS) is 11.0. The van der Waals surface area contributed by atoms with Gasteiger partial charge < -0.3 is 10.1 Å². The van der Waals surface area contributed by atoms with Crippen LogP contribution in [0.2, 0.25) is 0 Å². The quantitative estimate of drug-likeness (QED) is 0.444. The number of amides is 1. The zero-order valence-electron chi connectivity index (χ0n) is 15.3. The van der Waals surface area contributed by atoms with Gasteiger partial charge in [-0.15, -0.1) is 0 Å². The molecule has 0 saturated carbocycles. The Morgan fingerprint density at radius 1 is 1.31 bits per heavy atom. The number of hydrogen-bond donors (Lipinski definition) is 2. The number of fused-ring (bicyclic) bond motifs is 1. The first kappa shape index (κ1) is 19.2. The summed E-state index contributed by atoms with van der Waals surface area (Å²) in [6, 6.07) is 11.7. The fourth-order valence-corrected chi connectivity index (χ4v) is 3.91. The molecule has 0 unspecified atom stereocenters.